The Bertz CT molecular complexity index is 1110. The van der Waals surface area contributed by atoms with Crippen LogP contribution in [0.2, 0.25) is 0 Å². The molecule has 2 aromatic carbocycles. The number of unbranched alkanes of at least 4 members (excludes halogenated alkanes) is 3. The Morgan fingerprint density at radius 3 is 2.38 bits per heavy atom. The fraction of sp³-hybridized carbons (Fsp3) is 0.286. The van der Waals surface area contributed by atoms with Crippen LogP contribution in [0, 0.1) is 0 Å². The van der Waals surface area contributed by atoms with Gasteiger partial charge in [0.2, 0.25) is 0 Å². The molecular formula is C21H22BrNO4S2. The molecule has 1 heterocycles. The van der Waals surface area contributed by atoms with Crippen molar-refractivity contribution in [2.45, 2.75) is 37.5 Å². The molecule has 0 bridgehead atoms. The predicted octanol–water partition coefficient (Wildman–Crippen LogP) is 6.14. The molecular weight excluding hydrogens is 474 g/mol. The van der Waals surface area contributed by atoms with Gasteiger partial charge in [-0.1, -0.05) is 44.4 Å². The average molecular weight is 496 g/mol. The van der Waals surface area contributed by atoms with Crippen molar-refractivity contribution >= 4 is 58.3 Å². The van der Waals surface area contributed by atoms with Crippen molar-refractivity contribution in [2.24, 2.45) is 0 Å². The van der Waals surface area contributed by atoms with Gasteiger partial charge in [-0.3, -0.25) is 4.31 Å². The van der Waals surface area contributed by atoms with Crippen molar-refractivity contribution in [3.8, 4) is 0 Å². The topological polar surface area (TPSA) is 74.7 Å². The summed E-state index contributed by atoms with van der Waals surface area (Å²) in [6.45, 7) is 2.48. The van der Waals surface area contributed by atoms with Gasteiger partial charge in [0.25, 0.3) is 10.0 Å². The van der Waals surface area contributed by atoms with Crippen LogP contribution in [-0.4, -0.2) is 26.0 Å². The van der Waals surface area contributed by atoms with Crippen LogP contribution < -0.4 is 4.31 Å². The summed E-state index contributed by atoms with van der Waals surface area (Å²) in [5, 5.41) is 10.7. The highest BCUT2D eigenvalue weighted by Crippen LogP contribution is 2.43. The lowest BCUT2D eigenvalue weighted by molar-refractivity contribution is 0.0696. The fourth-order valence-electron chi connectivity index (χ4n) is 3.07. The molecule has 0 aliphatic heterocycles. The first kappa shape index (κ1) is 21.8. The smallest absolute Gasteiger partial charge is 0.335 e. The fourth-order valence-corrected chi connectivity index (χ4v) is 6.97. The maximum atomic E-state index is 13.5. The molecule has 0 radical (unpaired) electrons. The zero-order chi connectivity index (χ0) is 21.0. The Hall–Kier alpha value is -1.90. The second kappa shape index (κ2) is 9.28. The number of carboxylic acid groups (broad SMARTS) is 1. The van der Waals surface area contributed by atoms with E-state index >= 15 is 0 Å². The van der Waals surface area contributed by atoms with Crippen molar-refractivity contribution in [3.05, 3.63) is 58.6 Å². The standard InChI is InChI=1S/C21H22BrNO4S2/c1-2-3-4-7-14-23(20-19(22)17-8-5-6-9-18(17)28-20)29(26,27)16-12-10-15(11-13-16)21(24)25/h5-6,8-13H,2-4,7,14H2,1H3,(H,24,25). The van der Waals surface area contributed by atoms with Gasteiger partial charge >= 0.3 is 5.97 Å². The van der Waals surface area contributed by atoms with Crippen LogP contribution in [0.4, 0.5) is 5.00 Å². The number of rotatable bonds is 9. The van der Waals surface area contributed by atoms with Crippen molar-refractivity contribution in [1.29, 1.82) is 0 Å². The molecule has 8 heteroatoms. The van der Waals surface area contributed by atoms with Crippen molar-refractivity contribution < 1.29 is 18.3 Å². The zero-order valence-corrected chi connectivity index (χ0v) is 19.2. The molecule has 0 aliphatic carbocycles. The van der Waals surface area contributed by atoms with Gasteiger partial charge in [0, 0.05) is 16.6 Å². The van der Waals surface area contributed by atoms with E-state index in [4.69, 9.17) is 5.11 Å². The van der Waals surface area contributed by atoms with Crippen LogP contribution in [0.1, 0.15) is 43.0 Å². The van der Waals surface area contributed by atoms with Crippen molar-refractivity contribution in [3.63, 3.8) is 0 Å². The lowest BCUT2D eigenvalue weighted by Gasteiger charge is -2.23. The monoisotopic (exact) mass is 495 g/mol. The average Bonchev–Trinajstić information content (AvgIpc) is 3.04. The van der Waals surface area contributed by atoms with E-state index in [1.165, 1.54) is 39.9 Å². The summed E-state index contributed by atoms with van der Waals surface area (Å²) in [7, 11) is -3.83. The molecule has 0 atom stereocenters. The number of sulfonamides is 1. The molecule has 0 saturated carbocycles. The number of carboxylic acids is 1. The van der Waals surface area contributed by atoms with Crippen LogP contribution in [0.3, 0.4) is 0 Å². The molecule has 29 heavy (non-hydrogen) atoms. The van der Waals surface area contributed by atoms with E-state index in [-0.39, 0.29) is 10.5 Å². The number of hydrogen-bond donors (Lipinski definition) is 1. The number of fused-ring (bicyclic) bond motifs is 1. The molecule has 0 fully saturated rings. The minimum absolute atomic E-state index is 0.0569. The highest BCUT2D eigenvalue weighted by molar-refractivity contribution is 9.10. The van der Waals surface area contributed by atoms with Crippen LogP contribution >= 0.6 is 27.3 Å². The third-order valence-electron chi connectivity index (χ3n) is 4.65. The summed E-state index contributed by atoms with van der Waals surface area (Å²) in [5.74, 6) is -1.09. The number of halogens is 1. The van der Waals surface area contributed by atoms with Gasteiger partial charge < -0.3 is 5.11 Å². The molecule has 3 aromatic rings. The number of anilines is 1. The Kier molecular flexibility index (Phi) is 6.97. The van der Waals surface area contributed by atoms with E-state index in [2.05, 4.69) is 22.9 Å². The van der Waals surface area contributed by atoms with Crippen molar-refractivity contribution in [1.82, 2.24) is 0 Å². The van der Waals surface area contributed by atoms with Crippen molar-refractivity contribution in [2.75, 3.05) is 10.8 Å². The largest absolute Gasteiger partial charge is 0.478 e. The molecule has 1 aromatic heterocycles. The first-order valence-electron chi connectivity index (χ1n) is 9.39. The Morgan fingerprint density at radius 1 is 1.07 bits per heavy atom. The number of aromatic carboxylic acids is 1. The second-order valence-electron chi connectivity index (χ2n) is 6.68. The number of benzene rings is 2. The molecule has 154 valence electrons. The second-order valence-corrected chi connectivity index (χ2v) is 10.4. The van der Waals surface area contributed by atoms with Gasteiger partial charge in [-0.25, -0.2) is 13.2 Å². The first-order valence-corrected chi connectivity index (χ1v) is 12.4. The van der Waals surface area contributed by atoms with E-state index in [1.54, 1.807) is 0 Å². The summed E-state index contributed by atoms with van der Waals surface area (Å²) in [4.78, 5) is 11.2. The number of nitrogens with zero attached hydrogens (tertiary/aromatic N) is 1. The molecule has 0 saturated heterocycles. The predicted molar refractivity (Wildman–Crippen MR) is 122 cm³/mol. The third kappa shape index (κ3) is 4.65. The quantitative estimate of drug-likeness (QED) is 0.361. The summed E-state index contributed by atoms with van der Waals surface area (Å²) >= 11 is 5.03. The molecule has 3 rings (SSSR count). The van der Waals surface area contributed by atoms with Gasteiger partial charge in [-0.2, -0.15) is 0 Å². The van der Waals surface area contributed by atoms with E-state index in [0.29, 0.717) is 11.5 Å². The van der Waals surface area contributed by atoms with Gasteiger partial charge in [-0.05, 0) is 52.7 Å². The number of carbonyl (C=O) groups is 1. The Morgan fingerprint density at radius 2 is 1.76 bits per heavy atom. The Balaban J connectivity index is 2.03. The van der Waals surface area contributed by atoms with Crippen LogP contribution in [0.25, 0.3) is 10.1 Å². The van der Waals surface area contributed by atoms with Crippen LogP contribution in [0.5, 0.6) is 0 Å². The highest BCUT2D eigenvalue weighted by Gasteiger charge is 2.28. The van der Waals surface area contributed by atoms with E-state index in [0.717, 1.165) is 40.2 Å². The van der Waals surface area contributed by atoms with E-state index in [1.807, 2.05) is 24.3 Å². The maximum Gasteiger partial charge on any atom is 0.335 e. The zero-order valence-electron chi connectivity index (χ0n) is 16.0. The van der Waals surface area contributed by atoms with Gasteiger partial charge in [0.1, 0.15) is 5.00 Å². The minimum Gasteiger partial charge on any atom is -0.478 e. The van der Waals surface area contributed by atoms with Gasteiger partial charge in [-0.15, -0.1) is 11.3 Å². The van der Waals surface area contributed by atoms with E-state index < -0.39 is 16.0 Å². The molecule has 5 nitrogen and oxygen atoms in total. The first-order chi connectivity index (χ1) is 13.9. The minimum atomic E-state index is -3.83. The Labute approximate surface area is 183 Å². The summed E-state index contributed by atoms with van der Waals surface area (Å²) in [6, 6.07) is 13.2. The molecule has 0 unspecified atom stereocenters. The van der Waals surface area contributed by atoms with E-state index in [9.17, 15) is 13.2 Å². The highest BCUT2D eigenvalue weighted by atomic mass is 79.9. The molecule has 0 spiro atoms. The van der Waals surface area contributed by atoms with Gasteiger partial charge in [0.15, 0.2) is 0 Å². The SMILES string of the molecule is CCCCCCN(c1sc2ccccc2c1Br)S(=O)(=O)c1ccc(C(=O)O)cc1. The number of thiophene rings is 1. The summed E-state index contributed by atoms with van der Waals surface area (Å²) in [5.41, 5.74) is 0.0569. The summed E-state index contributed by atoms with van der Waals surface area (Å²) < 4.78 is 30.2. The van der Waals surface area contributed by atoms with Crippen LogP contribution in [0.15, 0.2) is 57.9 Å². The third-order valence-corrected chi connectivity index (χ3v) is 8.84. The molecule has 0 aliphatic rings. The summed E-state index contributed by atoms with van der Waals surface area (Å²) in [6.07, 6.45) is 3.81. The van der Waals surface area contributed by atoms with Gasteiger partial charge in [0.05, 0.1) is 14.9 Å². The molecule has 0 amide bonds. The lowest BCUT2D eigenvalue weighted by atomic mass is 10.2. The lowest BCUT2D eigenvalue weighted by Crippen LogP contribution is -2.31. The normalized spacial score (nSPS) is 11.7. The van der Waals surface area contributed by atoms with Crippen LogP contribution in [-0.2, 0) is 10.0 Å². The molecule has 1 N–H and O–H groups in total. The number of hydrogen-bond acceptors (Lipinski definition) is 4. The maximum absolute atomic E-state index is 13.5.